The number of nitrogens with two attached hydrogens (primary N) is 1. The van der Waals surface area contributed by atoms with E-state index in [1.165, 1.54) is 17.9 Å². The number of benzene rings is 1. The Balaban J connectivity index is 2.50. The first kappa shape index (κ1) is 15.1. The number of nitrogen functional groups attached to an aromatic ring is 1. The number of halogens is 3. The van der Waals surface area contributed by atoms with Crippen LogP contribution in [0.3, 0.4) is 0 Å². The third-order valence-electron chi connectivity index (χ3n) is 2.41. The van der Waals surface area contributed by atoms with Gasteiger partial charge in [0.15, 0.2) is 10.8 Å². The number of aromatic nitrogens is 2. The maximum absolute atomic E-state index is 13.1. The molecule has 20 heavy (non-hydrogen) atoms. The summed E-state index contributed by atoms with van der Waals surface area (Å²) in [6, 6.07) is 2.09. The number of anilines is 2. The summed E-state index contributed by atoms with van der Waals surface area (Å²) in [5.74, 6) is -0.737. The minimum Gasteiger partial charge on any atom is -0.381 e. The first-order chi connectivity index (χ1) is 9.22. The summed E-state index contributed by atoms with van der Waals surface area (Å²) in [7, 11) is -2.52. The second kappa shape index (κ2) is 5.23. The van der Waals surface area contributed by atoms with Crippen LogP contribution in [0, 0.1) is 5.82 Å². The molecular formula is C10H9BrClFN4O2S. The van der Waals surface area contributed by atoms with Crippen molar-refractivity contribution in [2.75, 3.05) is 10.5 Å². The van der Waals surface area contributed by atoms with Gasteiger partial charge in [-0.2, -0.15) is 8.42 Å². The van der Waals surface area contributed by atoms with Gasteiger partial charge >= 0.3 is 0 Å². The minimum atomic E-state index is -4.00. The Morgan fingerprint density at radius 2 is 2.15 bits per heavy atom. The number of hydrogen-bond acceptors (Lipinski definition) is 4. The van der Waals surface area contributed by atoms with Crippen molar-refractivity contribution >= 4 is 49.1 Å². The van der Waals surface area contributed by atoms with E-state index in [1.54, 1.807) is 0 Å². The van der Waals surface area contributed by atoms with Crippen LogP contribution in [0.25, 0.3) is 0 Å². The zero-order valence-electron chi connectivity index (χ0n) is 10.1. The molecule has 10 heteroatoms. The quantitative estimate of drug-likeness (QED) is 0.851. The maximum atomic E-state index is 13.1. The molecule has 0 radical (unpaired) electrons. The highest BCUT2D eigenvalue weighted by Gasteiger charge is 2.24. The van der Waals surface area contributed by atoms with E-state index in [0.717, 1.165) is 12.1 Å². The Kier molecular flexibility index (Phi) is 3.94. The van der Waals surface area contributed by atoms with Gasteiger partial charge < -0.3 is 10.3 Å². The molecule has 0 bridgehead atoms. The van der Waals surface area contributed by atoms with Crippen molar-refractivity contribution in [1.29, 1.82) is 0 Å². The van der Waals surface area contributed by atoms with Gasteiger partial charge in [-0.1, -0.05) is 11.6 Å². The average Bonchev–Trinajstić information content (AvgIpc) is 2.64. The summed E-state index contributed by atoms with van der Waals surface area (Å²) in [5, 5.41) is -0.286. The topological polar surface area (TPSA) is 90.0 Å². The summed E-state index contributed by atoms with van der Waals surface area (Å²) < 4.78 is 41.3. The minimum absolute atomic E-state index is 0.0219. The Labute approximate surface area is 127 Å². The van der Waals surface area contributed by atoms with Gasteiger partial charge in [0.25, 0.3) is 10.0 Å². The van der Waals surface area contributed by atoms with Crippen LogP contribution >= 0.6 is 27.5 Å². The van der Waals surface area contributed by atoms with Crippen molar-refractivity contribution in [2.24, 2.45) is 7.05 Å². The van der Waals surface area contributed by atoms with E-state index in [4.69, 9.17) is 17.3 Å². The molecule has 1 aromatic heterocycles. The number of hydrogen-bond donors (Lipinski definition) is 2. The highest BCUT2D eigenvalue weighted by Crippen LogP contribution is 2.33. The second-order valence-electron chi connectivity index (χ2n) is 3.90. The van der Waals surface area contributed by atoms with Crippen LogP contribution in [0.5, 0.6) is 0 Å². The van der Waals surface area contributed by atoms with Gasteiger partial charge in [-0.05, 0) is 28.1 Å². The number of imidazole rings is 1. The fraction of sp³-hybridized carbons (Fsp3) is 0.100. The molecule has 1 aromatic carbocycles. The van der Waals surface area contributed by atoms with Crippen molar-refractivity contribution < 1.29 is 12.8 Å². The van der Waals surface area contributed by atoms with E-state index in [9.17, 15) is 12.8 Å². The fourth-order valence-electron chi connectivity index (χ4n) is 1.59. The Bertz CT molecular complexity index is 735. The van der Waals surface area contributed by atoms with Crippen molar-refractivity contribution in [3.63, 3.8) is 0 Å². The molecule has 2 aromatic rings. The van der Waals surface area contributed by atoms with Gasteiger partial charge in [0, 0.05) is 11.5 Å². The smallest absolute Gasteiger partial charge is 0.281 e. The summed E-state index contributed by atoms with van der Waals surface area (Å²) >= 11 is 8.88. The predicted octanol–water partition coefficient (Wildman–Crippen LogP) is 2.36. The first-order valence-electron chi connectivity index (χ1n) is 5.16. The second-order valence-corrected chi connectivity index (χ2v) is 6.76. The van der Waals surface area contributed by atoms with Gasteiger partial charge in [-0.25, -0.2) is 9.37 Å². The summed E-state index contributed by atoms with van der Waals surface area (Å²) in [5.41, 5.74) is 5.55. The van der Waals surface area contributed by atoms with Crippen molar-refractivity contribution in [3.05, 3.63) is 33.8 Å². The van der Waals surface area contributed by atoms with E-state index >= 15 is 0 Å². The predicted molar refractivity (Wildman–Crippen MR) is 77.5 cm³/mol. The van der Waals surface area contributed by atoms with Gasteiger partial charge in [0.1, 0.15) is 5.82 Å². The summed E-state index contributed by atoms with van der Waals surface area (Å²) in [4.78, 5) is 3.70. The zero-order valence-corrected chi connectivity index (χ0v) is 13.2. The van der Waals surface area contributed by atoms with Crippen LogP contribution in [-0.2, 0) is 17.1 Å². The number of nitrogens with one attached hydrogen (secondary N) is 1. The summed E-state index contributed by atoms with van der Waals surface area (Å²) in [6.45, 7) is 0. The molecule has 0 atom stereocenters. The third kappa shape index (κ3) is 2.74. The number of nitrogens with zero attached hydrogens (tertiary/aromatic N) is 2. The molecule has 0 aliphatic rings. The third-order valence-corrected chi connectivity index (χ3v) is 4.81. The van der Waals surface area contributed by atoms with E-state index in [0.29, 0.717) is 0 Å². The lowest BCUT2D eigenvalue weighted by molar-refractivity contribution is 0.591. The molecule has 2 rings (SSSR count). The standard InChI is InChI=1S/C10H9BrClFN4O2S/c1-17-4-15-9(14)10(17)20(18,19)16-8-6(11)2-5(13)3-7(8)12/h2-4,16H,14H2,1H3. The van der Waals surface area contributed by atoms with Crippen molar-refractivity contribution in [2.45, 2.75) is 5.03 Å². The lowest BCUT2D eigenvalue weighted by Crippen LogP contribution is -2.18. The molecule has 0 unspecified atom stereocenters. The molecule has 0 spiro atoms. The Morgan fingerprint density at radius 1 is 1.50 bits per heavy atom. The SMILES string of the molecule is Cn1cnc(N)c1S(=O)(=O)Nc1c(Cl)cc(F)cc1Br. The van der Waals surface area contributed by atoms with Crippen LogP contribution in [0.2, 0.25) is 5.02 Å². The van der Waals surface area contributed by atoms with Crippen LogP contribution in [0.15, 0.2) is 28.0 Å². The van der Waals surface area contributed by atoms with Crippen molar-refractivity contribution in [3.8, 4) is 0 Å². The van der Waals surface area contributed by atoms with Crippen LogP contribution < -0.4 is 10.5 Å². The fourth-order valence-corrected chi connectivity index (χ4v) is 4.01. The normalized spacial score (nSPS) is 11.6. The molecular weight excluding hydrogens is 375 g/mol. The van der Waals surface area contributed by atoms with Crippen LogP contribution in [-0.4, -0.2) is 18.0 Å². The Hall–Kier alpha value is -1.32. The van der Waals surface area contributed by atoms with Gasteiger partial charge in [-0.15, -0.1) is 0 Å². The lowest BCUT2D eigenvalue weighted by atomic mass is 10.3. The first-order valence-corrected chi connectivity index (χ1v) is 7.82. The van der Waals surface area contributed by atoms with Crippen LogP contribution in [0.4, 0.5) is 15.9 Å². The molecule has 0 saturated heterocycles. The largest absolute Gasteiger partial charge is 0.381 e. The van der Waals surface area contributed by atoms with E-state index in [-0.39, 0.29) is 26.0 Å². The number of rotatable bonds is 3. The van der Waals surface area contributed by atoms with E-state index < -0.39 is 15.8 Å². The lowest BCUT2D eigenvalue weighted by Gasteiger charge is -2.12. The molecule has 0 amide bonds. The molecule has 0 saturated carbocycles. The van der Waals surface area contributed by atoms with E-state index in [1.807, 2.05) is 0 Å². The van der Waals surface area contributed by atoms with Gasteiger partial charge in [0.05, 0.1) is 17.0 Å². The molecule has 6 nitrogen and oxygen atoms in total. The molecule has 3 N–H and O–H groups in total. The number of sulfonamides is 1. The molecule has 0 aliphatic heterocycles. The molecule has 108 valence electrons. The monoisotopic (exact) mass is 382 g/mol. The summed E-state index contributed by atoms with van der Waals surface area (Å²) in [6.07, 6.45) is 1.27. The number of aryl methyl sites for hydroxylation is 1. The van der Waals surface area contributed by atoms with Gasteiger partial charge in [0.2, 0.25) is 0 Å². The highest BCUT2D eigenvalue weighted by atomic mass is 79.9. The highest BCUT2D eigenvalue weighted by molar-refractivity contribution is 9.10. The average molecular weight is 384 g/mol. The van der Waals surface area contributed by atoms with Crippen molar-refractivity contribution in [1.82, 2.24) is 9.55 Å². The van der Waals surface area contributed by atoms with E-state index in [2.05, 4.69) is 25.6 Å². The van der Waals surface area contributed by atoms with Crippen LogP contribution in [0.1, 0.15) is 0 Å². The van der Waals surface area contributed by atoms with Gasteiger partial charge in [-0.3, -0.25) is 4.72 Å². The zero-order chi connectivity index (χ0) is 15.1. The maximum Gasteiger partial charge on any atom is 0.281 e. The molecule has 1 heterocycles. The molecule has 0 fully saturated rings. The molecule has 0 aliphatic carbocycles. The Morgan fingerprint density at radius 3 is 2.65 bits per heavy atom.